The maximum Gasteiger partial charge on any atom is 0.137 e. The highest BCUT2D eigenvalue weighted by Gasteiger charge is 2.19. The third-order valence-corrected chi connectivity index (χ3v) is 3.93. The Morgan fingerprint density at radius 2 is 1.95 bits per heavy atom. The molecular formula is C16H14Cl2N2O. The van der Waals surface area contributed by atoms with Crippen molar-refractivity contribution in [1.29, 1.82) is 0 Å². The number of hydrogen-bond acceptors (Lipinski definition) is 2. The van der Waals surface area contributed by atoms with E-state index >= 15 is 0 Å². The number of aromatic nitrogens is 2. The topological polar surface area (TPSA) is 37.5 Å². The molecule has 2 aromatic heterocycles. The summed E-state index contributed by atoms with van der Waals surface area (Å²) in [6, 6.07) is 9.19. The van der Waals surface area contributed by atoms with Crippen LogP contribution in [0.3, 0.4) is 0 Å². The highest BCUT2D eigenvalue weighted by atomic mass is 35.5. The van der Waals surface area contributed by atoms with Crippen LogP contribution in [0, 0.1) is 6.92 Å². The maximum atomic E-state index is 10.2. The van der Waals surface area contributed by atoms with Crippen LogP contribution in [0.15, 0.2) is 36.5 Å². The lowest BCUT2D eigenvalue weighted by atomic mass is 10.1. The van der Waals surface area contributed by atoms with E-state index in [0.717, 1.165) is 22.5 Å². The molecule has 3 rings (SSSR count). The van der Waals surface area contributed by atoms with Gasteiger partial charge in [-0.2, -0.15) is 0 Å². The van der Waals surface area contributed by atoms with Crippen molar-refractivity contribution in [2.45, 2.75) is 20.0 Å². The third kappa shape index (κ3) is 2.53. The molecule has 0 amide bonds. The monoisotopic (exact) mass is 320 g/mol. The summed E-state index contributed by atoms with van der Waals surface area (Å²) in [6.07, 6.45) is 1.29. The quantitative estimate of drug-likeness (QED) is 0.745. The smallest absolute Gasteiger partial charge is 0.137 e. The van der Waals surface area contributed by atoms with Gasteiger partial charge >= 0.3 is 0 Å². The van der Waals surface area contributed by atoms with Crippen LogP contribution in [0.5, 0.6) is 0 Å². The zero-order valence-corrected chi connectivity index (χ0v) is 13.2. The van der Waals surface area contributed by atoms with Crippen molar-refractivity contribution in [3.63, 3.8) is 0 Å². The molecule has 1 atom stereocenters. The van der Waals surface area contributed by atoms with Crippen LogP contribution in [0.1, 0.15) is 24.3 Å². The first-order chi connectivity index (χ1) is 9.97. The molecule has 3 nitrogen and oxygen atoms in total. The minimum Gasteiger partial charge on any atom is -0.387 e. The van der Waals surface area contributed by atoms with Gasteiger partial charge in [-0.1, -0.05) is 29.3 Å². The SMILES string of the molecule is Cc1ccc2nc(-c3ccc(Cl)cc3Cl)c(C(C)O)n2c1. The molecule has 1 aromatic carbocycles. The van der Waals surface area contributed by atoms with Crippen molar-refractivity contribution in [2.75, 3.05) is 0 Å². The molecule has 2 heterocycles. The second-order valence-electron chi connectivity index (χ2n) is 5.08. The van der Waals surface area contributed by atoms with Crippen molar-refractivity contribution < 1.29 is 5.11 Å². The molecule has 1 unspecified atom stereocenters. The average Bonchev–Trinajstić information content (AvgIpc) is 2.76. The summed E-state index contributed by atoms with van der Waals surface area (Å²) in [5.74, 6) is 0. The minimum atomic E-state index is -0.663. The number of pyridine rings is 1. The van der Waals surface area contributed by atoms with E-state index in [1.807, 2.05) is 35.7 Å². The molecule has 0 saturated carbocycles. The molecule has 0 bridgehead atoms. The molecule has 21 heavy (non-hydrogen) atoms. The van der Waals surface area contributed by atoms with E-state index in [2.05, 4.69) is 4.98 Å². The molecule has 0 aliphatic heterocycles. The summed E-state index contributed by atoms with van der Waals surface area (Å²) in [4.78, 5) is 4.61. The van der Waals surface area contributed by atoms with Crippen LogP contribution in [-0.2, 0) is 0 Å². The third-order valence-electron chi connectivity index (χ3n) is 3.39. The number of imidazole rings is 1. The van der Waals surface area contributed by atoms with Crippen LogP contribution >= 0.6 is 23.2 Å². The Kier molecular flexibility index (Phi) is 3.66. The molecule has 0 radical (unpaired) electrons. The average molecular weight is 321 g/mol. The van der Waals surface area contributed by atoms with Crippen LogP contribution in [0.25, 0.3) is 16.9 Å². The molecular weight excluding hydrogens is 307 g/mol. The minimum absolute atomic E-state index is 0.518. The summed E-state index contributed by atoms with van der Waals surface area (Å²) >= 11 is 12.2. The van der Waals surface area contributed by atoms with E-state index in [0.29, 0.717) is 15.7 Å². The lowest BCUT2D eigenvalue weighted by Gasteiger charge is -2.09. The number of aryl methyl sites for hydroxylation is 1. The van der Waals surface area contributed by atoms with Crippen LogP contribution in [-0.4, -0.2) is 14.5 Å². The Morgan fingerprint density at radius 1 is 1.19 bits per heavy atom. The van der Waals surface area contributed by atoms with Gasteiger partial charge in [0.25, 0.3) is 0 Å². The molecule has 5 heteroatoms. The van der Waals surface area contributed by atoms with Gasteiger partial charge in [0.05, 0.1) is 22.5 Å². The highest BCUT2D eigenvalue weighted by molar-refractivity contribution is 6.36. The molecule has 0 fully saturated rings. The van der Waals surface area contributed by atoms with Crippen molar-refractivity contribution in [2.24, 2.45) is 0 Å². The van der Waals surface area contributed by atoms with Gasteiger partial charge in [0.15, 0.2) is 0 Å². The number of rotatable bonds is 2. The predicted molar refractivity (Wildman–Crippen MR) is 86.0 cm³/mol. The van der Waals surface area contributed by atoms with Crippen LogP contribution in [0.4, 0.5) is 0 Å². The fourth-order valence-electron chi connectivity index (χ4n) is 2.45. The standard InChI is InChI=1S/C16H14Cl2N2O/c1-9-3-6-14-19-15(16(10(2)21)20(14)8-9)12-5-4-11(17)7-13(12)18/h3-8,10,21H,1-2H3. The fourth-order valence-corrected chi connectivity index (χ4v) is 2.95. The van der Waals surface area contributed by atoms with Crippen LogP contribution < -0.4 is 0 Å². The Bertz CT molecular complexity index is 825. The molecule has 3 aromatic rings. The van der Waals surface area contributed by atoms with E-state index in [1.165, 1.54) is 0 Å². The number of nitrogens with zero attached hydrogens (tertiary/aromatic N) is 2. The number of benzene rings is 1. The Hall–Kier alpha value is -1.55. The van der Waals surface area contributed by atoms with Crippen LogP contribution in [0.2, 0.25) is 10.0 Å². The first-order valence-electron chi connectivity index (χ1n) is 6.59. The van der Waals surface area contributed by atoms with Gasteiger partial charge in [-0.15, -0.1) is 0 Å². The summed E-state index contributed by atoms with van der Waals surface area (Å²) in [5, 5.41) is 11.2. The maximum absolute atomic E-state index is 10.2. The normalized spacial score (nSPS) is 12.8. The zero-order valence-electron chi connectivity index (χ0n) is 11.6. The van der Waals surface area contributed by atoms with Crippen molar-refractivity contribution >= 4 is 28.8 Å². The largest absolute Gasteiger partial charge is 0.387 e. The Labute approximate surface area is 132 Å². The number of aliphatic hydroxyl groups is 1. The highest BCUT2D eigenvalue weighted by Crippen LogP contribution is 2.35. The zero-order chi connectivity index (χ0) is 15.1. The summed E-state index contributed by atoms with van der Waals surface area (Å²) in [7, 11) is 0. The van der Waals surface area contributed by atoms with Crippen molar-refractivity contribution in [3.05, 3.63) is 57.8 Å². The molecule has 0 aliphatic carbocycles. The molecule has 0 spiro atoms. The fraction of sp³-hybridized carbons (Fsp3) is 0.188. The van der Waals surface area contributed by atoms with E-state index in [-0.39, 0.29) is 0 Å². The van der Waals surface area contributed by atoms with Crippen molar-refractivity contribution in [3.8, 4) is 11.3 Å². The first-order valence-corrected chi connectivity index (χ1v) is 7.35. The lowest BCUT2D eigenvalue weighted by molar-refractivity contribution is 0.194. The van der Waals surface area contributed by atoms with Gasteiger partial charge in [-0.25, -0.2) is 4.98 Å². The van der Waals surface area contributed by atoms with E-state index < -0.39 is 6.10 Å². The number of fused-ring (bicyclic) bond motifs is 1. The summed E-state index contributed by atoms with van der Waals surface area (Å²) < 4.78 is 1.90. The van der Waals surface area contributed by atoms with E-state index in [9.17, 15) is 5.11 Å². The van der Waals surface area contributed by atoms with Gasteiger partial charge in [0.1, 0.15) is 5.65 Å². The van der Waals surface area contributed by atoms with Gasteiger partial charge in [0.2, 0.25) is 0 Å². The van der Waals surface area contributed by atoms with Gasteiger partial charge in [0, 0.05) is 16.8 Å². The lowest BCUT2D eigenvalue weighted by Crippen LogP contribution is -2.00. The second-order valence-corrected chi connectivity index (χ2v) is 5.92. The second kappa shape index (κ2) is 5.34. The van der Waals surface area contributed by atoms with Crippen molar-refractivity contribution in [1.82, 2.24) is 9.38 Å². The van der Waals surface area contributed by atoms with Gasteiger partial charge < -0.3 is 9.51 Å². The summed E-state index contributed by atoms with van der Waals surface area (Å²) in [5.41, 5.74) is 4.03. The van der Waals surface area contributed by atoms with Gasteiger partial charge in [-0.05, 0) is 43.7 Å². The Morgan fingerprint density at radius 3 is 2.62 bits per heavy atom. The van der Waals surface area contributed by atoms with Gasteiger partial charge in [-0.3, -0.25) is 0 Å². The predicted octanol–water partition coefficient (Wildman–Crippen LogP) is 4.67. The van der Waals surface area contributed by atoms with E-state index in [4.69, 9.17) is 23.2 Å². The molecule has 0 aliphatic rings. The number of halogens is 2. The number of aliphatic hydroxyl groups excluding tert-OH is 1. The number of hydrogen-bond donors (Lipinski definition) is 1. The Balaban J connectivity index is 2.34. The molecule has 0 saturated heterocycles. The molecule has 108 valence electrons. The first kappa shape index (κ1) is 14.4. The van der Waals surface area contributed by atoms with E-state index in [1.54, 1.807) is 19.1 Å². The molecule has 1 N–H and O–H groups in total. The summed E-state index contributed by atoms with van der Waals surface area (Å²) in [6.45, 7) is 3.72.